The lowest BCUT2D eigenvalue weighted by Gasteiger charge is -2.42. The largest absolute Gasteiger partial charge is 0.358 e. The third kappa shape index (κ3) is 3.48. The predicted octanol–water partition coefficient (Wildman–Crippen LogP) is 1.93. The van der Waals surface area contributed by atoms with Crippen molar-refractivity contribution in [3.8, 4) is 0 Å². The molecule has 1 aromatic heterocycles. The van der Waals surface area contributed by atoms with Crippen LogP contribution in [0.15, 0.2) is 24.3 Å². The van der Waals surface area contributed by atoms with Gasteiger partial charge in [-0.1, -0.05) is 24.3 Å². The summed E-state index contributed by atoms with van der Waals surface area (Å²) in [5, 5.41) is 16.1. The number of fused-ring (bicyclic) bond motifs is 2. The molecule has 2 aromatic rings. The highest BCUT2D eigenvalue weighted by Gasteiger charge is 2.39. The molecule has 4 N–H and O–H groups in total. The fraction of sp³-hybridized carbons (Fsp3) is 0.476. The zero-order chi connectivity index (χ0) is 19.8. The number of urea groups is 1. The van der Waals surface area contributed by atoms with Crippen LogP contribution in [0.1, 0.15) is 58.2 Å². The highest BCUT2D eigenvalue weighted by Crippen LogP contribution is 2.34. The summed E-state index contributed by atoms with van der Waals surface area (Å²) in [6.07, 6.45) is 4.68. The molecule has 0 spiro atoms. The summed E-state index contributed by atoms with van der Waals surface area (Å²) in [5.74, 6) is 0.0450. The quantitative estimate of drug-likeness (QED) is 0.634. The molecule has 0 radical (unpaired) electrons. The van der Waals surface area contributed by atoms with Crippen LogP contribution in [0.3, 0.4) is 0 Å². The Morgan fingerprint density at radius 2 is 2.17 bits per heavy atom. The molecule has 2 fully saturated rings. The maximum atomic E-state index is 12.6. The predicted molar refractivity (Wildman–Crippen MR) is 105 cm³/mol. The summed E-state index contributed by atoms with van der Waals surface area (Å²) < 4.78 is 5.75. The molecule has 3 atom stereocenters. The van der Waals surface area contributed by atoms with E-state index in [-0.39, 0.29) is 30.1 Å². The molecule has 152 valence electrons. The fourth-order valence-corrected chi connectivity index (χ4v) is 4.71. The molecule has 1 aromatic carbocycles. The van der Waals surface area contributed by atoms with Gasteiger partial charge in [0.25, 0.3) is 5.91 Å². The number of hydrogen-bond acceptors (Lipinski definition) is 4. The number of H-pyrrole nitrogens is 1. The highest BCUT2D eigenvalue weighted by molar-refractivity contribution is 5.94. The Labute approximate surface area is 168 Å². The number of aromatic nitrogens is 2. The standard InChI is InChI=1S/C21H25N5O3/c27-19(18-14-6-2-8-16(14)25-26-18)22-11-12-4-1-5-13(10-12)17-15-7-3-9-29-20(15)24-21(28)23-17/h1,4-5,10,15,17,20H,2-3,6-9,11H2,(H,22,27)(H,25,26)(H2,23,24,28)/t15-,17-,20-/m0/s1. The first-order chi connectivity index (χ1) is 14.2. The van der Waals surface area contributed by atoms with Gasteiger partial charge in [-0.3, -0.25) is 9.89 Å². The van der Waals surface area contributed by atoms with E-state index in [2.05, 4.69) is 32.2 Å². The van der Waals surface area contributed by atoms with Gasteiger partial charge in [0.2, 0.25) is 0 Å². The van der Waals surface area contributed by atoms with Gasteiger partial charge in [-0.05, 0) is 43.2 Å². The summed E-state index contributed by atoms with van der Waals surface area (Å²) in [4.78, 5) is 24.6. The van der Waals surface area contributed by atoms with Gasteiger partial charge in [0, 0.05) is 30.3 Å². The Morgan fingerprint density at radius 3 is 3.10 bits per heavy atom. The van der Waals surface area contributed by atoms with Gasteiger partial charge in [0.15, 0.2) is 5.69 Å². The fourth-order valence-electron chi connectivity index (χ4n) is 4.71. The van der Waals surface area contributed by atoms with Gasteiger partial charge >= 0.3 is 6.03 Å². The van der Waals surface area contributed by atoms with E-state index in [1.807, 2.05) is 18.2 Å². The third-order valence-electron chi connectivity index (χ3n) is 6.14. The molecule has 5 rings (SSSR count). The van der Waals surface area contributed by atoms with Crippen molar-refractivity contribution in [2.45, 2.75) is 50.9 Å². The minimum Gasteiger partial charge on any atom is -0.358 e. The van der Waals surface area contributed by atoms with Gasteiger partial charge < -0.3 is 20.7 Å². The first kappa shape index (κ1) is 18.2. The van der Waals surface area contributed by atoms with Crippen LogP contribution in [0, 0.1) is 5.92 Å². The van der Waals surface area contributed by atoms with Gasteiger partial charge in [-0.15, -0.1) is 0 Å². The Hall–Kier alpha value is -2.87. The van der Waals surface area contributed by atoms with E-state index in [0.29, 0.717) is 18.8 Å². The van der Waals surface area contributed by atoms with E-state index in [1.54, 1.807) is 0 Å². The summed E-state index contributed by atoms with van der Waals surface area (Å²) in [7, 11) is 0. The molecule has 3 amide bonds. The van der Waals surface area contributed by atoms with Gasteiger partial charge in [-0.2, -0.15) is 5.10 Å². The second-order valence-corrected chi connectivity index (χ2v) is 8.00. The number of nitrogens with one attached hydrogen (secondary N) is 4. The molecule has 0 saturated carbocycles. The summed E-state index contributed by atoms with van der Waals surface area (Å²) in [6, 6.07) is 7.72. The number of ether oxygens (including phenoxy) is 1. The van der Waals surface area contributed by atoms with Crippen LogP contribution in [0.5, 0.6) is 0 Å². The van der Waals surface area contributed by atoms with Crippen LogP contribution in [-0.4, -0.2) is 35.0 Å². The van der Waals surface area contributed by atoms with E-state index < -0.39 is 0 Å². The van der Waals surface area contributed by atoms with E-state index in [4.69, 9.17) is 4.74 Å². The number of carbonyl (C=O) groups is 2. The SMILES string of the molecule is O=C1N[C@H]2OCCC[C@H]2[C@H](c2cccc(CNC(=O)c3n[nH]c4c3CCC4)c2)N1. The Balaban J connectivity index is 1.29. The number of hydrogen-bond donors (Lipinski definition) is 4. The molecule has 8 nitrogen and oxygen atoms in total. The Bertz CT molecular complexity index is 940. The minimum atomic E-state index is -0.243. The van der Waals surface area contributed by atoms with Crippen molar-refractivity contribution in [3.63, 3.8) is 0 Å². The molecule has 3 heterocycles. The van der Waals surface area contributed by atoms with E-state index >= 15 is 0 Å². The molecule has 1 aliphatic carbocycles. The van der Waals surface area contributed by atoms with Crippen LogP contribution in [0.25, 0.3) is 0 Å². The zero-order valence-corrected chi connectivity index (χ0v) is 16.2. The molecular formula is C21H25N5O3. The highest BCUT2D eigenvalue weighted by atomic mass is 16.5. The number of amides is 3. The Morgan fingerprint density at radius 1 is 1.24 bits per heavy atom. The van der Waals surface area contributed by atoms with E-state index in [1.165, 1.54) is 0 Å². The molecule has 3 aliphatic rings. The normalized spacial score (nSPS) is 25.5. The average molecular weight is 395 g/mol. The lowest BCUT2D eigenvalue weighted by Crippen LogP contribution is -2.58. The second-order valence-electron chi connectivity index (χ2n) is 8.00. The Kier molecular flexibility index (Phi) is 4.71. The maximum absolute atomic E-state index is 12.6. The molecular weight excluding hydrogens is 370 g/mol. The molecule has 2 aliphatic heterocycles. The van der Waals surface area contributed by atoms with E-state index in [0.717, 1.165) is 54.5 Å². The van der Waals surface area contributed by atoms with Crippen molar-refractivity contribution < 1.29 is 14.3 Å². The smallest absolute Gasteiger partial charge is 0.317 e. The molecule has 2 saturated heterocycles. The van der Waals surface area contributed by atoms with E-state index in [9.17, 15) is 9.59 Å². The van der Waals surface area contributed by atoms with Crippen LogP contribution < -0.4 is 16.0 Å². The average Bonchev–Trinajstić information content (AvgIpc) is 3.35. The molecule has 29 heavy (non-hydrogen) atoms. The third-order valence-corrected chi connectivity index (χ3v) is 6.14. The first-order valence-electron chi connectivity index (χ1n) is 10.3. The summed E-state index contributed by atoms with van der Waals surface area (Å²) in [6.45, 7) is 1.09. The number of aromatic amines is 1. The van der Waals surface area contributed by atoms with Crippen LogP contribution >= 0.6 is 0 Å². The lowest BCUT2D eigenvalue weighted by atomic mass is 9.85. The minimum absolute atomic E-state index is 0.0979. The van der Waals surface area contributed by atoms with Crippen molar-refractivity contribution in [1.29, 1.82) is 0 Å². The number of carbonyl (C=O) groups excluding carboxylic acids is 2. The number of rotatable bonds is 4. The van der Waals surface area contributed by atoms with Crippen LogP contribution in [-0.2, 0) is 24.1 Å². The van der Waals surface area contributed by atoms with Gasteiger partial charge in [0.1, 0.15) is 6.23 Å². The monoisotopic (exact) mass is 395 g/mol. The zero-order valence-electron chi connectivity index (χ0n) is 16.2. The van der Waals surface area contributed by atoms with Gasteiger partial charge in [0.05, 0.1) is 6.04 Å². The lowest BCUT2D eigenvalue weighted by molar-refractivity contribution is -0.0602. The molecule has 0 unspecified atom stereocenters. The van der Waals surface area contributed by atoms with Crippen molar-refractivity contribution in [2.75, 3.05) is 6.61 Å². The van der Waals surface area contributed by atoms with Gasteiger partial charge in [-0.25, -0.2) is 4.79 Å². The second kappa shape index (κ2) is 7.51. The summed E-state index contributed by atoms with van der Waals surface area (Å²) in [5.41, 5.74) is 4.68. The van der Waals surface area contributed by atoms with Crippen molar-refractivity contribution in [2.24, 2.45) is 5.92 Å². The van der Waals surface area contributed by atoms with Crippen LogP contribution in [0.4, 0.5) is 4.79 Å². The van der Waals surface area contributed by atoms with Crippen molar-refractivity contribution in [1.82, 2.24) is 26.1 Å². The molecule has 0 bridgehead atoms. The van der Waals surface area contributed by atoms with Crippen LogP contribution in [0.2, 0.25) is 0 Å². The number of nitrogens with zero attached hydrogens (tertiary/aromatic N) is 1. The first-order valence-corrected chi connectivity index (χ1v) is 10.3. The topological polar surface area (TPSA) is 108 Å². The van der Waals surface area contributed by atoms with Crippen molar-refractivity contribution in [3.05, 3.63) is 52.3 Å². The van der Waals surface area contributed by atoms with Crippen molar-refractivity contribution >= 4 is 11.9 Å². The number of aryl methyl sites for hydroxylation is 1. The number of benzene rings is 1. The maximum Gasteiger partial charge on any atom is 0.317 e. The summed E-state index contributed by atoms with van der Waals surface area (Å²) >= 11 is 0. The molecule has 8 heteroatoms.